The second kappa shape index (κ2) is 11.9. The lowest BCUT2D eigenvalue weighted by Gasteiger charge is -2.11. The van der Waals surface area contributed by atoms with Gasteiger partial charge in [-0.25, -0.2) is 5.43 Å². The van der Waals surface area contributed by atoms with Crippen molar-refractivity contribution in [3.63, 3.8) is 0 Å². The predicted molar refractivity (Wildman–Crippen MR) is 128 cm³/mol. The maximum Gasteiger partial charge on any atom is 0.259 e. The quantitative estimate of drug-likeness (QED) is 0.345. The molecule has 170 valence electrons. The van der Waals surface area contributed by atoms with E-state index >= 15 is 0 Å². The van der Waals surface area contributed by atoms with Crippen LogP contribution < -0.4 is 20.2 Å². The molecule has 0 radical (unpaired) electrons. The lowest BCUT2D eigenvalue weighted by molar-refractivity contribution is -0.120. The van der Waals surface area contributed by atoms with Gasteiger partial charge in [0.05, 0.1) is 19.9 Å². The molecule has 0 heterocycles. The molecule has 9 heteroatoms. The molecule has 3 aromatic rings. The SMILES string of the molecule is COc1cc(/C=N\NC(=O)CNC(=O)c2ccc(Cl)cc2)ccc1OCc1ccc(Cl)cc1. The standard InChI is InChI=1S/C24H21Cl2N3O4/c1-32-22-12-17(4-11-21(22)33-15-16-2-7-19(25)8-3-16)13-28-29-23(30)14-27-24(31)18-5-9-20(26)10-6-18/h2-13H,14-15H2,1H3,(H,27,31)(H,29,30)/b28-13-. The van der Waals surface area contributed by atoms with Crippen molar-refractivity contribution in [2.24, 2.45) is 5.10 Å². The molecule has 0 saturated heterocycles. The van der Waals surface area contributed by atoms with Gasteiger partial charge in [-0.1, -0.05) is 35.3 Å². The Labute approximate surface area is 201 Å². The lowest BCUT2D eigenvalue weighted by Crippen LogP contribution is -2.34. The molecular weight excluding hydrogens is 465 g/mol. The molecule has 0 aliphatic heterocycles. The zero-order valence-electron chi connectivity index (χ0n) is 17.7. The minimum atomic E-state index is -0.469. The first kappa shape index (κ1) is 24.1. The van der Waals surface area contributed by atoms with Gasteiger partial charge >= 0.3 is 0 Å². The van der Waals surface area contributed by atoms with Crippen molar-refractivity contribution in [1.82, 2.24) is 10.7 Å². The van der Waals surface area contributed by atoms with E-state index in [-0.39, 0.29) is 12.5 Å². The zero-order valence-corrected chi connectivity index (χ0v) is 19.2. The van der Waals surface area contributed by atoms with E-state index in [2.05, 4.69) is 15.8 Å². The van der Waals surface area contributed by atoms with Crippen LogP contribution in [0.3, 0.4) is 0 Å². The van der Waals surface area contributed by atoms with Gasteiger partial charge in [-0.3, -0.25) is 9.59 Å². The second-order valence-electron chi connectivity index (χ2n) is 6.81. The number of hydrogen-bond acceptors (Lipinski definition) is 5. The van der Waals surface area contributed by atoms with E-state index in [1.807, 2.05) is 12.1 Å². The normalized spacial score (nSPS) is 10.6. The second-order valence-corrected chi connectivity index (χ2v) is 7.68. The van der Waals surface area contributed by atoms with Crippen LogP contribution in [0, 0.1) is 0 Å². The number of carbonyl (C=O) groups excluding carboxylic acids is 2. The van der Waals surface area contributed by atoms with Crippen LogP contribution in [-0.2, 0) is 11.4 Å². The van der Waals surface area contributed by atoms with Gasteiger partial charge in [-0.2, -0.15) is 5.10 Å². The molecule has 0 bridgehead atoms. The van der Waals surface area contributed by atoms with Gasteiger partial charge in [0.2, 0.25) is 0 Å². The Kier molecular flexibility index (Phi) is 8.69. The van der Waals surface area contributed by atoms with Gasteiger partial charge in [0.15, 0.2) is 11.5 Å². The smallest absolute Gasteiger partial charge is 0.259 e. The topological polar surface area (TPSA) is 89.0 Å². The number of hydrogen-bond donors (Lipinski definition) is 2. The average Bonchev–Trinajstić information content (AvgIpc) is 2.83. The minimum absolute atomic E-state index is 0.223. The third kappa shape index (κ3) is 7.52. The molecule has 0 spiro atoms. The van der Waals surface area contributed by atoms with Crippen LogP contribution in [0.2, 0.25) is 10.0 Å². The monoisotopic (exact) mass is 485 g/mol. The minimum Gasteiger partial charge on any atom is -0.493 e. The Morgan fingerprint density at radius 2 is 1.61 bits per heavy atom. The highest BCUT2D eigenvalue weighted by atomic mass is 35.5. The summed E-state index contributed by atoms with van der Waals surface area (Å²) in [6, 6.07) is 19.0. The summed E-state index contributed by atoms with van der Waals surface area (Å²) in [7, 11) is 1.54. The third-order valence-electron chi connectivity index (χ3n) is 4.41. The number of halogens is 2. The van der Waals surface area contributed by atoms with Crippen LogP contribution in [0.15, 0.2) is 71.8 Å². The first-order chi connectivity index (χ1) is 15.9. The van der Waals surface area contributed by atoms with Gasteiger partial charge in [-0.05, 0) is 65.7 Å². The largest absolute Gasteiger partial charge is 0.493 e. The zero-order chi connectivity index (χ0) is 23.6. The van der Waals surface area contributed by atoms with E-state index in [0.717, 1.165) is 5.56 Å². The van der Waals surface area contributed by atoms with Crippen LogP contribution in [0.5, 0.6) is 11.5 Å². The van der Waals surface area contributed by atoms with Crippen LogP contribution >= 0.6 is 23.2 Å². The number of benzene rings is 3. The van der Waals surface area contributed by atoms with E-state index in [4.69, 9.17) is 32.7 Å². The van der Waals surface area contributed by atoms with Gasteiger partial charge in [0.25, 0.3) is 11.8 Å². The number of nitrogens with zero attached hydrogens (tertiary/aromatic N) is 1. The fraction of sp³-hybridized carbons (Fsp3) is 0.125. The Morgan fingerprint density at radius 3 is 2.27 bits per heavy atom. The summed E-state index contributed by atoms with van der Waals surface area (Å²) in [6.45, 7) is 0.137. The number of hydrazone groups is 1. The number of methoxy groups -OCH3 is 1. The van der Waals surface area contributed by atoms with Crippen molar-refractivity contribution >= 4 is 41.2 Å². The number of ether oxygens (including phenoxy) is 2. The van der Waals surface area contributed by atoms with Crippen molar-refractivity contribution in [2.45, 2.75) is 6.61 Å². The molecule has 0 fully saturated rings. The van der Waals surface area contributed by atoms with E-state index in [1.165, 1.54) is 13.3 Å². The molecular formula is C24H21Cl2N3O4. The number of amides is 2. The maximum atomic E-state index is 12.0. The van der Waals surface area contributed by atoms with E-state index in [9.17, 15) is 9.59 Å². The molecule has 2 amide bonds. The summed E-state index contributed by atoms with van der Waals surface area (Å²) >= 11 is 11.7. The molecule has 0 aliphatic carbocycles. The summed E-state index contributed by atoms with van der Waals surface area (Å²) in [4.78, 5) is 23.9. The molecule has 0 saturated carbocycles. The Balaban J connectivity index is 1.49. The Morgan fingerprint density at radius 1 is 0.939 bits per heavy atom. The van der Waals surface area contributed by atoms with Crippen molar-refractivity contribution < 1.29 is 19.1 Å². The Hall–Kier alpha value is -3.55. The van der Waals surface area contributed by atoms with Gasteiger partial charge in [0, 0.05) is 15.6 Å². The van der Waals surface area contributed by atoms with Gasteiger partial charge in [-0.15, -0.1) is 0 Å². The first-order valence-electron chi connectivity index (χ1n) is 9.85. The fourth-order valence-corrected chi connectivity index (χ4v) is 2.96. The van der Waals surface area contributed by atoms with Crippen molar-refractivity contribution in [2.75, 3.05) is 13.7 Å². The highest BCUT2D eigenvalue weighted by Crippen LogP contribution is 2.28. The van der Waals surface area contributed by atoms with Gasteiger partial charge < -0.3 is 14.8 Å². The highest BCUT2D eigenvalue weighted by molar-refractivity contribution is 6.30. The van der Waals surface area contributed by atoms with Crippen molar-refractivity contribution in [3.05, 3.63) is 93.5 Å². The predicted octanol–water partition coefficient (Wildman–Crippen LogP) is 4.46. The molecule has 7 nitrogen and oxygen atoms in total. The Bertz CT molecular complexity index is 1130. The highest BCUT2D eigenvalue weighted by Gasteiger charge is 2.08. The van der Waals surface area contributed by atoms with E-state index < -0.39 is 5.91 Å². The molecule has 0 aromatic heterocycles. The van der Waals surface area contributed by atoms with E-state index in [1.54, 1.807) is 54.6 Å². The van der Waals surface area contributed by atoms with Crippen LogP contribution in [-0.4, -0.2) is 31.7 Å². The first-order valence-corrected chi connectivity index (χ1v) is 10.6. The van der Waals surface area contributed by atoms with Crippen molar-refractivity contribution in [1.29, 1.82) is 0 Å². The van der Waals surface area contributed by atoms with Crippen LogP contribution in [0.25, 0.3) is 0 Å². The summed E-state index contributed by atoms with van der Waals surface area (Å²) in [5.41, 5.74) is 4.43. The molecule has 3 aromatic carbocycles. The lowest BCUT2D eigenvalue weighted by atomic mass is 10.2. The number of nitrogens with one attached hydrogen (secondary N) is 2. The molecule has 3 rings (SSSR count). The molecule has 33 heavy (non-hydrogen) atoms. The van der Waals surface area contributed by atoms with E-state index in [0.29, 0.717) is 39.3 Å². The molecule has 0 aliphatic rings. The average molecular weight is 486 g/mol. The van der Waals surface area contributed by atoms with Crippen molar-refractivity contribution in [3.8, 4) is 11.5 Å². The maximum absolute atomic E-state index is 12.0. The molecule has 2 N–H and O–H groups in total. The summed E-state index contributed by atoms with van der Waals surface area (Å²) in [6.07, 6.45) is 1.46. The summed E-state index contributed by atoms with van der Waals surface area (Å²) < 4.78 is 11.2. The third-order valence-corrected chi connectivity index (χ3v) is 4.92. The molecule has 0 unspecified atom stereocenters. The summed E-state index contributed by atoms with van der Waals surface area (Å²) in [5.74, 6) is 0.237. The van der Waals surface area contributed by atoms with Crippen LogP contribution in [0.4, 0.5) is 0 Å². The fourth-order valence-electron chi connectivity index (χ4n) is 2.71. The van der Waals surface area contributed by atoms with Gasteiger partial charge in [0.1, 0.15) is 6.61 Å². The molecule has 0 atom stereocenters. The number of rotatable bonds is 9. The van der Waals surface area contributed by atoms with Crippen LogP contribution in [0.1, 0.15) is 21.5 Å². The summed E-state index contributed by atoms with van der Waals surface area (Å²) in [5, 5.41) is 7.61. The number of carbonyl (C=O) groups is 2.